The van der Waals surface area contributed by atoms with Crippen LogP contribution in [0, 0.1) is 5.92 Å². The third-order valence-electron chi connectivity index (χ3n) is 4.53. The number of Topliss-reactive ketones (excluding diaryl/α,β-unsaturated/α-hetero) is 1. The highest BCUT2D eigenvalue weighted by Gasteiger charge is 2.35. The lowest BCUT2D eigenvalue weighted by Crippen LogP contribution is -2.50. The molecule has 18 heavy (non-hydrogen) atoms. The predicted molar refractivity (Wildman–Crippen MR) is 72.5 cm³/mol. The molecule has 1 aromatic rings. The number of carbonyl (C=O) groups excluding carboxylic acids is 1. The average molecular weight is 243 g/mol. The van der Waals surface area contributed by atoms with Crippen LogP contribution in [0.5, 0.6) is 0 Å². The molecule has 3 atom stereocenters. The van der Waals surface area contributed by atoms with Crippen LogP contribution in [-0.2, 0) is 11.2 Å². The van der Waals surface area contributed by atoms with Gasteiger partial charge in [0.15, 0.2) is 0 Å². The van der Waals surface area contributed by atoms with E-state index in [2.05, 4.69) is 35.2 Å². The highest BCUT2D eigenvalue weighted by Crippen LogP contribution is 2.29. The lowest BCUT2D eigenvalue weighted by Gasteiger charge is -2.42. The molecule has 1 aromatic carbocycles. The van der Waals surface area contributed by atoms with Gasteiger partial charge in [0.2, 0.25) is 0 Å². The number of benzene rings is 1. The molecule has 2 nitrogen and oxygen atoms in total. The molecule has 0 spiro atoms. The second kappa shape index (κ2) is 5.23. The maximum atomic E-state index is 11.7. The molecule has 2 fully saturated rings. The highest BCUT2D eigenvalue weighted by atomic mass is 16.1. The molecular formula is C16H21NO. The Morgan fingerprint density at radius 3 is 2.83 bits per heavy atom. The number of hydrogen-bond donors (Lipinski definition) is 0. The number of carbonyl (C=O) groups is 1. The fourth-order valence-electron chi connectivity index (χ4n) is 3.40. The third kappa shape index (κ3) is 2.49. The summed E-state index contributed by atoms with van der Waals surface area (Å²) in [6.07, 6.45) is 5.52. The maximum absolute atomic E-state index is 11.7. The number of piperidine rings is 2. The molecule has 0 aliphatic carbocycles. The van der Waals surface area contributed by atoms with Crippen LogP contribution in [0.4, 0.5) is 0 Å². The Morgan fingerprint density at radius 1 is 1.17 bits per heavy atom. The van der Waals surface area contributed by atoms with Crippen molar-refractivity contribution in [3.8, 4) is 0 Å². The van der Waals surface area contributed by atoms with Gasteiger partial charge in [0.1, 0.15) is 5.78 Å². The van der Waals surface area contributed by atoms with E-state index in [9.17, 15) is 4.79 Å². The lowest BCUT2D eigenvalue weighted by atomic mass is 9.83. The monoisotopic (exact) mass is 243 g/mol. The van der Waals surface area contributed by atoms with Gasteiger partial charge < -0.3 is 0 Å². The molecule has 2 bridgehead atoms. The largest absolute Gasteiger partial charge is 0.299 e. The van der Waals surface area contributed by atoms with Gasteiger partial charge >= 0.3 is 0 Å². The van der Waals surface area contributed by atoms with Crippen LogP contribution in [0.15, 0.2) is 30.3 Å². The van der Waals surface area contributed by atoms with Crippen molar-refractivity contribution in [2.45, 2.75) is 38.1 Å². The number of rotatable bonds is 3. The van der Waals surface area contributed by atoms with Crippen LogP contribution in [0.2, 0.25) is 0 Å². The Balaban J connectivity index is 1.56. The van der Waals surface area contributed by atoms with Gasteiger partial charge in [-0.1, -0.05) is 30.3 Å². The minimum atomic E-state index is 0.353. The van der Waals surface area contributed by atoms with Gasteiger partial charge in [0.25, 0.3) is 0 Å². The van der Waals surface area contributed by atoms with Crippen molar-refractivity contribution in [3.05, 3.63) is 35.9 Å². The van der Waals surface area contributed by atoms with Crippen molar-refractivity contribution in [2.75, 3.05) is 13.1 Å². The van der Waals surface area contributed by atoms with Gasteiger partial charge in [-0.25, -0.2) is 0 Å². The molecule has 0 amide bonds. The van der Waals surface area contributed by atoms with E-state index in [1.54, 1.807) is 0 Å². The molecule has 2 aliphatic rings. The molecule has 96 valence electrons. The van der Waals surface area contributed by atoms with E-state index in [0.29, 0.717) is 17.7 Å². The van der Waals surface area contributed by atoms with Gasteiger partial charge in [-0.15, -0.1) is 0 Å². The molecule has 2 saturated heterocycles. The molecular weight excluding hydrogens is 222 g/mol. The van der Waals surface area contributed by atoms with Crippen LogP contribution in [0.25, 0.3) is 0 Å². The average Bonchev–Trinajstić information content (AvgIpc) is 2.43. The predicted octanol–water partition coefficient (Wildman–Crippen LogP) is 2.67. The van der Waals surface area contributed by atoms with Crippen LogP contribution >= 0.6 is 0 Å². The van der Waals surface area contributed by atoms with E-state index in [0.717, 1.165) is 25.9 Å². The zero-order valence-electron chi connectivity index (χ0n) is 10.8. The number of nitrogens with zero attached hydrogens (tertiary/aromatic N) is 1. The fourth-order valence-corrected chi connectivity index (χ4v) is 3.40. The van der Waals surface area contributed by atoms with Crippen molar-refractivity contribution in [2.24, 2.45) is 5.92 Å². The quantitative estimate of drug-likeness (QED) is 0.813. The molecule has 1 unspecified atom stereocenters. The normalized spacial score (nSPS) is 31.3. The van der Waals surface area contributed by atoms with Crippen LogP contribution in [0.1, 0.15) is 31.2 Å². The third-order valence-corrected chi connectivity index (χ3v) is 4.53. The van der Waals surface area contributed by atoms with Gasteiger partial charge in [-0.2, -0.15) is 0 Å². The lowest BCUT2D eigenvalue weighted by molar-refractivity contribution is -0.129. The summed E-state index contributed by atoms with van der Waals surface area (Å²) >= 11 is 0. The summed E-state index contributed by atoms with van der Waals surface area (Å²) in [5.74, 6) is 0.861. The summed E-state index contributed by atoms with van der Waals surface area (Å²) in [6, 6.07) is 11.4. The first kappa shape index (κ1) is 11.9. The number of fused-ring (bicyclic) bond motifs is 2. The Labute approximate surface area is 109 Å². The Morgan fingerprint density at radius 2 is 2.00 bits per heavy atom. The van der Waals surface area contributed by atoms with E-state index in [1.165, 1.54) is 24.8 Å². The van der Waals surface area contributed by atoms with E-state index >= 15 is 0 Å². The molecule has 0 N–H and O–H groups in total. The van der Waals surface area contributed by atoms with Gasteiger partial charge in [-0.05, 0) is 31.2 Å². The SMILES string of the molecule is O=C1CCN2C[C@H]1CC[C@H]2CCc1ccccc1. The topological polar surface area (TPSA) is 20.3 Å². The smallest absolute Gasteiger partial charge is 0.138 e. The fraction of sp³-hybridized carbons (Fsp3) is 0.562. The summed E-state index contributed by atoms with van der Waals surface area (Å²) < 4.78 is 0. The minimum Gasteiger partial charge on any atom is -0.299 e. The van der Waals surface area contributed by atoms with E-state index < -0.39 is 0 Å². The zero-order valence-corrected chi connectivity index (χ0v) is 10.8. The van der Waals surface area contributed by atoms with Crippen molar-refractivity contribution in [1.82, 2.24) is 4.90 Å². The first-order valence-electron chi connectivity index (χ1n) is 7.13. The maximum Gasteiger partial charge on any atom is 0.138 e. The zero-order chi connectivity index (χ0) is 12.4. The van der Waals surface area contributed by atoms with Crippen molar-refractivity contribution in [1.29, 1.82) is 0 Å². The number of aryl methyl sites for hydroxylation is 1. The molecule has 3 rings (SSSR count). The summed E-state index contributed by atoms with van der Waals surface area (Å²) in [7, 11) is 0. The van der Waals surface area contributed by atoms with Crippen LogP contribution < -0.4 is 0 Å². The summed E-state index contributed by atoms with van der Waals surface area (Å²) in [6.45, 7) is 2.02. The van der Waals surface area contributed by atoms with Crippen LogP contribution in [-0.4, -0.2) is 29.8 Å². The Hall–Kier alpha value is -1.15. The number of ketones is 1. The van der Waals surface area contributed by atoms with E-state index in [1.807, 2.05) is 0 Å². The summed E-state index contributed by atoms with van der Waals surface area (Å²) in [4.78, 5) is 14.2. The van der Waals surface area contributed by atoms with Crippen molar-refractivity contribution < 1.29 is 4.79 Å². The Bertz CT molecular complexity index is 414. The van der Waals surface area contributed by atoms with E-state index in [-0.39, 0.29) is 0 Å². The van der Waals surface area contributed by atoms with Gasteiger partial charge in [-0.3, -0.25) is 9.69 Å². The summed E-state index contributed by atoms with van der Waals surface area (Å²) in [5, 5.41) is 0. The molecule has 2 heteroatoms. The van der Waals surface area contributed by atoms with Crippen molar-refractivity contribution >= 4 is 5.78 Å². The highest BCUT2D eigenvalue weighted by molar-refractivity contribution is 5.82. The first-order valence-corrected chi connectivity index (χ1v) is 7.13. The Kier molecular flexibility index (Phi) is 3.46. The standard InChI is InChI=1S/C16H21NO/c18-16-10-11-17-12-14(16)7-9-15(17)8-6-13-4-2-1-3-5-13/h1-5,14-15H,6-12H2/t14-,15-/m1/s1. The summed E-state index contributed by atoms with van der Waals surface area (Å²) in [5.41, 5.74) is 1.44. The van der Waals surface area contributed by atoms with Crippen molar-refractivity contribution in [3.63, 3.8) is 0 Å². The molecule has 0 aromatic heterocycles. The van der Waals surface area contributed by atoms with Gasteiger partial charge in [0.05, 0.1) is 0 Å². The van der Waals surface area contributed by atoms with Gasteiger partial charge in [0, 0.05) is 31.5 Å². The first-order chi connectivity index (χ1) is 8.83. The second-order valence-corrected chi connectivity index (χ2v) is 5.66. The molecule has 0 saturated carbocycles. The molecule has 2 aliphatic heterocycles. The number of hydrogen-bond acceptors (Lipinski definition) is 2. The minimum absolute atomic E-state index is 0.353. The molecule has 2 heterocycles. The molecule has 0 radical (unpaired) electrons. The van der Waals surface area contributed by atoms with E-state index in [4.69, 9.17) is 0 Å². The van der Waals surface area contributed by atoms with Crippen LogP contribution in [0.3, 0.4) is 0 Å². The second-order valence-electron chi connectivity index (χ2n) is 5.66.